The number of nitrogens with zero attached hydrogens (tertiary/aromatic N) is 5. The van der Waals surface area contributed by atoms with E-state index in [1.807, 2.05) is 53.0 Å². The number of piperidine rings is 2. The van der Waals surface area contributed by atoms with E-state index in [1.165, 1.54) is 6.92 Å². The fourth-order valence-corrected chi connectivity index (χ4v) is 7.48. The fourth-order valence-electron chi connectivity index (χ4n) is 7.48. The number of hydrogen-bond donors (Lipinski definition) is 3. The number of carboxylic acids is 1. The van der Waals surface area contributed by atoms with Gasteiger partial charge in [0, 0.05) is 75.0 Å². The summed E-state index contributed by atoms with van der Waals surface area (Å²) in [6.07, 6.45) is 2.68. The van der Waals surface area contributed by atoms with Crippen molar-refractivity contribution in [3.63, 3.8) is 0 Å². The quantitative estimate of drug-likeness (QED) is 0.199. The first kappa shape index (κ1) is 39.1. The summed E-state index contributed by atoms with van der Waals surface area (Å²) in [7, 11) is 3.62. The van der Waals surface area contributed by atoms with E-state index in [0.29, 0.717) is 70.9 Å². The molecule has 1 amide bonds. The number of nitrogens with one attached hydrogen (secondary N) is 2. The molecule has 290 valence electrons. The average molecular weight is 760 g/mol. The molecule has 4 aromatic heterocycles. The Kier molecular flexibility index (Phi) is 11.1. The Morgan fingerprint density at radius 2 is 1.80 bits per heavy atom. The van der Waals surface area contributed by atoms with E-state index in [4.69, 9.17) is 29.3 Å². The molecule has 3 aliphatic heterocycles. The molecule has 0 unspecified atom stereocenters. The second kappa shape index (κ2) is 15.3. The standard InChI is InChI=1S/C35H41F2N7O3.C2HF3O2/c1-23(45)41-32-16-26-27(20-43(2)30(26)18-40-32)29-14-25(15-31(42-29)34(46-3)9-13-47-22-34)28-5-4-24(17-39-28)19-44-12-8-33(35(36,37)21-44)6-10-38-11-7-33;3-2(4,5)1(6)7/h4-5,14-18,20,38H,6-13,19,21-22H2,1-3H3,(H,40,41,45);(H,6,7)/t34-;/m0./s1. The number of aryl methyl sites for hydroxylation is 1. The zero-order valence-corrected chi connectivity index (χ0v) is 30.1. The molecule has 0 aliphatic carbocycles. The lowest BCUT2D eigenvalue weighted by atomic mass is 9.69. The Morgan fingerprint density at radius 1 is 1.06 bits per heavy atom. The smallest absolute Gasteiger partial charge is 0.475 e. The monoisotopic (exact) mass is 759 g/mol. The van der Waals surface area contributed by atoms with Crippen LogP contribution in [0.1, 0.15) is 43.9 Å². The van der Waals surface area contributed by atoms with Gasteiger partial charge < -0.3 is 29.8 Å². The van der Waals surface area contributed by atoms with E-state index >= 15 is 8.78 Å². The van der Waals surface area contributed by atoms with Crippen LogP contribution in [0.25, 0.3) is 33.4 Å². The Morgan fingerprint density at radius 3 is 2.39 bits per heavy atom. The SMILES string of the molecule is CO[C@@]1(c2cc(-c3ccc(CN4CCC5(CCNCC5)C(F)(F)C4)cn3)cc(-c3cn(C)c4cnc(NC(C)=O)cc34)n2)CCOC1.O=C(O)C(F)(F)F. The number of alkyl halides is 5. The normalized spacial score (nSPS) is 21.1. The van der Waals surface area contributed by atoms with Crippen molar-refractivity contribution in [3.8, 4) is 22.5 Å². The minimum Gasteiger partial charge on any atom is -0.475 e. The van der Waals surface area contributed by atoms with Crippen LogP contribution in [0.2, 0.25) is 0 Å². The van der Waals surface area contributed by atoms with Crippen LogP contribution in [-0.2, 0) is 38.3 Å². The van der Waals surface area contributed by atoms with E-state index in [-0.39, 0.29) is 12.5 Å². The highest BCUT2D eigenvalue weighted by molar-refractivity contribution is 5.98. The van der Waals surface area contributed by atoms with E-state index in [1.54, 1.807) is 19.5 Å². The van der Waals surface area contributed by atoms with Gasteiger partial charge in [0.25, 0.3) is 5.92 Å². The van der Waals surface area contributed by atoms with E-state index < -0.39 is 29.1 Å². The number of ether oxygens (including phenoxy) is 2. The molecule has 7 heterocycles. The molecule has 17 heteroatoms. The third kappa shape index (κ3) is 8.09. The van der Waals surface area contributed by atoms with E-state index in [0.717, 1.165) is 44.7 Å². The summed E-state index contributed by atoms with van der Waals surface area (Å²) in [5, 5.41) is 14.0. The second-order valence-electron chi connectivity index (χ2n) is 14.1. The number of rotatable bonds is 7. The number of hydrogen-bond acceptors (Lipinski definition) is 9. The van der Waals surface area contributed by atoms with E-state index in [2.05, 4.69) is 15.6 Å². The van der Waals surface area contributed by atoms with Crippen LogP contribution in [0.5, 0.6) is 0 Å². The van der Waals surface area contributed by atoms with Gasteiger partial charge in [0.05, 0.1) is 41.9 Å². The average Bonchev–Trinajstić information content (AvgIpc) is 3.75. The largest absolute Gasteiger partial charge is 0.490 e. The molecule has 3 saturated heterocycles. The van der Waals surface area contributed by atoms with Gasteiger partial charge in [0.15, 0.2) is 0 Å². The first-order valence-electron chi connectivity index (χ1n) is 17.5. The minimum absolute atomic E-state index is 0.200. The van der Waals surface area contributed by atoms with Gasteiger partial charge in [-0.1, -0.05) is 6.07 Å². The number of halogens is 5. The first-order valence-corrected chi connectivity index (χ1v) is 17.5. The van der Waals surface area contributed by atoms with E-state index in [9.17, 15) is 18.0 Å². The first-order chi connectivity index (χ1) is 25.5. The van der Waals surface area contributed by atoms with Gasteiger partial charge in [-0.3, -0.25) is 14.7 Å². The molecule has 3 fully saturated rings. The Bertz CT molecular complexity index is 1990. The van der Waals surface area contributed by atoms with Gasteiger partial charge in [-0.05, 0) is 68.7 Å². The molecule has 12 nitrogen and oxygen atoms in total. The van der Waals surface area contributed by atoms with Crippen LogP contribution in [0.4, 0.5) is 27.8 Å². The third-order valence-corrected chi connectivity index (χ3v) is 10.6. The summed E-state index contributed by atoms with van der Waals surface area (Å²) in [6, 6.07) is 9.78. The Balaban J connectivity index is 0.000000649. The van der Waals surface area contributed by atoms with Crippen molar-refractivity contribution in [2.75, 3.05) is 51.8 Å². The van der Waals surface area contributed by atoms with Crippen LogP contribution in [0, 0.1) is 5.41 Å². The molecule has 3 aliphatic rings. The summed E-state index contributed by atoms with van der Waals surface area (Å²) in [4.78, 5) is 36.8. The number of anilines is 1. The van der Waals surface area contributed by atoms with Crippen LogP contribution in [0.3, 0.4) is 0 Å². The number of carboxylic acid groups (broad SMARTS) is 1. The van der Waals surface area contributed by atoms with Gasteiger partial charge in [0.2, 0.25) is 5.91 Å². The van der Waals surface area contributed by atoms with Crippen molar-refractivity contribution in [2.45, 2.75) is 56.9 Å². The number of aromatic nitrogens is 4. The summed E-state index contributed by atoms with van der Waals surface area (Å²) >= 11 is 0. The number of carbonyl (C=O) groups is 2. The summed E-state index contributed by atoms with van der Waals surface area (Å²) in [6.45, 7) is 4.58. The van der Waals surface area contributed by atoms with Crippen molar-refractivity contribution < 1.29 is 46.1 Å². The molecule has 4 aromatic rings. The van der Waals surface area contributed by atoms with Crippen LogP contribution in [0.15, 0.2) is 48.9 Å². The summed E-state index contributed by atoms with van der Waals surface area (Å²) in [5.41, 5.74) is 4.13. The molecule has 1 spiro atoms. The zero-order valence-electron chi connectivity index (χ0n) is 30.1. The number of carbonyl (C=O) groups excluding carboxylic acids is 1. The lowest BCUT2D eigenvalue weighted by molar-refractivity contribution is -0.192. The van der Waals surface area contributed by atoms with Gasteiger partial charge in [0.1, 0.15) is 11.4 Å². The topological polar surface area (TPSA) is 144 Å². The molecule has 1 atom stereocenters. The number of methoxy groups -OCH3 is 1. The minimum atomic E-state index is -5.08. The molecule has 7 rings (SSSR count). The number of likely N-dealkylation sites (tertiary alicyclic amines) is 1. The molecular weight excluding hydrogens is 717 g/mol. The fraction of sp³-hybridized carbons (Fsp3) is 0.486. The summed E-state index contributed by atoms with van der Waals surface area (Å²) < 4.78 is 76.4. The highest BCUT2D eigenvalue weighted by atomic mass is 19.4. The second-order valence-corrected chi connectivity index (χ2v) is 14.1. The molecule has 54 heavy (non-hydrogen) atoms. The highest BCUT2D eigenvalue weighted by Gasteiger charge is 2.56. The molecular formula is C37H42F5N7O5. The maximum absolute atomic E-state index is 15.4. The van der Waals surface area contributed by atoms with Crippen LogP contribution in [-0.4, -0.2) is 100 Å². The zero-order chi connectivity index (χ0) is 38.9. The van der Waals surface area contributed by atoms with Crippen molar-refractivity contribution in [1.29, 1.82) is 0 Å². The maximum Gasteiger partial charge on any atom is 0.490 e. The lowest BCUT2D eigenvalue weighted by Crippen LogP contribution is -2.58. The maximum atomic E-state index is 15.4. The summed E-state index contributed by atoms with van der Waals surface area (Å²) in [5.74, 6) is -5.21. The predicted molar refractivity (Wildman–Crippen MR) is 189 cm³/mol. The van der Waals surface area contributed by atoms with Gasteiger partial charge >= 0.3 is 12.1 Å². The highest BCUT2D eigenvalue weighted by Crippen LogP contribution is 2.50. The van der Waals surface area contributed by atoms with Gasteiger partial charge in [-0.15, -0.1) is 0 Å². The van der Waals surface area contributed by atoms with Crippen molar-refractivity contribution in [3.05, 3.63) is 60.2 Å². The predicted octanol–water partition coefficient (Wildman–Crippen LogP) is 5.76. The molecule has 0 radical (unpaired) electrons. The van der Waals surface area contributed by atoms with Crippen LogP contribution >= 0.6 is 0 Å². The Hall–Kier alpha value is -4.58. The number of aliphatic carboxylic acids is 1. The molecule has 0 bridgehead atoms. The number of amides is 1. The number of fused-ring (bicyclic) bond motifs is 1. The molecule has 0 aromatic carbocycles. The molecule has 0 saturated carbocycles. The van der Waals surface area contributed by atoms with Crippen molar-refractivity contribution >= 4 is 28.6 Å². The van der Waals surface area contributed by atoms with Crippen LogP contribution < -0.4 is 10.6 Å². The van der Waals surface area contributed by atoms with Gasteiger partial charge in [-0.25, -0.2) is 23.5 Å². The third-order valence-electron chi connectivity index (χ3n) is 10.6. The van der Waals surface area contributed by atoms with Crippen molar-refractivity contribution in [1.82, 2.24) is 29.7 Å². The van der Waals surface area contributed by atoms with Crippen molar-refractivity contribution in [2.24, 2.45) is 12.5 Å². The number of pyridine rings is 3. The Labute approximate surface area is 308 Å². The van der Waals surface area contributed by atoms with Gasteiger partial charge in [-0.2, -0.15) is 13.2 Å². The lowest BCUT2D eigenvalue weighted by Gasteiger charge is -2.49. The molecule has 3 N–H and O–H groups in total.